The fourth-order valence-corrected chi connectivity index (χ4v) is 1.87. The van der Waals surface area contributed by atoms with Crippen LogP contribution in [0, 0.1) is 5.82 Å². The van der Waals surface area contributed by atoms with E-state index < -0.39 is 5.97 Å². The van der Waals surface area contributed by atoms with E-state index in [1.165, 1.54) is 48.5 Å². The molecule has 23 heavy (non-hydrogen) atoms. The minimum Gasteiger partial charge on any atom is -0.508 e. The van der Waals surface area contributed by atoms with Crippen LogP contribution in [0.4, 0.5) is 4.39 Å². The smallest absolute Gasteiger partial charge is 0.338 e. The molecule has 1 N–H and O–H groups in total. The molecule has 3 rings (SSSR count). The molecule has 7 heteroatoms. The van der Waals surface area contributed by atoms with Gasteiger partial charge in [-0.3, -0.25) is 0 Å². The van der Waals surface area contributed by atoms with E-state index in [2.05, 4.69) is 10.1 Å². The number of aromatic hydroxyl groups is 1. The Labute approximate surface area is 130 Å². The van der Waals surface area contributed by atoms with Gasteiger partial charge in [0.05, 0.1) is 5.56 Å². The van der Waals surface area contributed by atoms with Crippen molar-refractivity contribution in [3.05, 3.63) is 65.8 Å². The maximum absolute atomic E-state index is 12.9. The van der Waals surface area contributed by atoms with E-state index in [0.29, 0.717) is 5.56 Å². The number of hydrogen-bond acceptors (Lipinski definition) is 6. The highest BCUT2D eigenvalue weighted by molar-refractivity contribution is 5.89. The Bertz CT molecular complexity index is 830. The molecule has 0 aliphatic carbocycles. The average Bonchev–Trinajstić information content (AvgIpc) is 3.02. The molecule has 1 heterocycles. The van der Waals surface area contributed by atoms with Crippen molar-refractivity contribution in [2.24, 2.45) is 0 Å². The molecule has 0 atom stereocenters. The zero-order valence-electron chi connectivity index (χ0n) is 11.8. The molecule has 0 unspecified atom stereocenters. The zero-order chi connectivity index (χ0) is 16.2. The monoisotopic (exact) mass is 314 g/mol. The third-order valence-corrected chi connectivity index (χ3v) is 2.98. The minimum atomic E-state index is -0.623. The lowest BCUT2D eigenvalue weighted by molar-refractivity contribution is 0.0429. The van der Waals surface area contributed by atoms with Crippen LogP contribution in [0.5, 0.6) is 5.75 Å². The summed E-state index contributed by atoms with van der Waals surface area (Å²) in [5, 5.41) is 13.1. The highest BCUT2D eigenvalue weighted by atomic mass is 19.1. The molecule has 6 nitrogen and oxygen atoms in total. The maximum Gasteiger partial charge on any atom is 0.338 e. The number of halogens is 1. The van der Waals surface area contributed by atoms with E-state index in [1.54, 1.807) is 0 Å². The first kappa shape index (κ1) is 14.7. The molecular weight excluding hydrogens is 303 g/mol. The van der Waals surface area contributed by atoms with Crippen LogP contribution in [0.2, 0.25) is 0 Å². The van der Waals surface area contributed by atoms with Gasteiger partial charge in [-0.2, -0.15) is 4.98 Å². The van der Waals surface area contributed by atoms with Crippen LogP contribution in [0.3, 0.4) is 0 Å². The minimum absolute atomic E-state index is 0.0316. The molecular formula is C16H11FN2O4. The molecule has 0 spiro atoms. The van der Waals surface area contributed by atoms with Gasteiger partial charge in [-0.05, 0) is 42.5 Å². The van der Waals surface area contributed by atoms with E-state index in [9.17, 15) is 14.3 Å². The van der Waals surface area contributed by atoms with E-state index in [-0.39, 0.29) is 35.5 Å². The highest BCUT2D eigenvalue weighted by Gasteiger charge is 2.13. The summed E-state index contributed by atoms with van der Waals surface area (Å²) in [6.07, 6.45) is 0. The van der Waals surface area contributed by atoms with Gasteiger partial charge in [-0.15, -0.1) is 0 Å². The van der Waals surface area contributed by atoms with Crippen LogP contribution < -0.4 is 0 Å². The van der Waals surface area contributed by atoms with E-state index in [0.717, 1.165) is 0 Å². The highest BCUT2D eigenvalue weighted by Crippen LogP contribution is 2.17. The Balaban J connectivity index is 1.65. The summed E-state index contributed by atoms with van der Waals surface area (Å²) in [6.45, 7) is -0.206. The molecule has 0 aliphatic heterocycles. The largest absolute Gasteiger partial charge is 0.508 e. The Morgan fingerprint density at radius 3 is 2.74 bits per heavy atom. The fraction of sp³-hybridized carbons (Fsp3) is 0.0625. The molecule has 0 fully saturated rings. The molecule has 116 valence electrons. The second kappa shape index (κ2) is 6.27. The van der Waals surface area contributed by atoms with E-state index in [1.807, 2.05) is 0 Å². The lowest BCUT2D eigenvalue weighted by Gasteiger charge is -2.01. The lowest BCUT2D eigenvalue weighted by atomic mass is 10.2. The van der Waals surface area contributed by atoms with E-state index >= 15 is 0 Å². The van der Waals surface area contributed by atoms with Crippen molar-refractivity contribution in [3.63, 3.8) is 0 Å². The number of benzene rings is 2. The second-order valence-corrected chi connectivity index (χ2v) is 4.65. The van der Waals surface area contributed by atoms with Crippen molar-refractivity contribution >= 4 is 5.97 Å². The van der Waals surface area contributed by atoms with Gasteiger partial charge in [0.2, 0.25) is 5.82 Å². The number of carbonyl (C=O) groups is 1. The van der Waals surface area contributed by atoms with Crippen LogP contribution in [0.25, 0.3) is 11.4 Å². The van der Waals surface area contributed by atoms with Crippen LogP contribution in [-0.2, 0) is 11.3 Å². The van der Waals surface area contributed by atoms with Crippen LogP contribution >= 0.6 is 0 Å². The first-order valence-corrected chi connectivity index (χ1v) is 6.66. The molecule has 2 aromatic carbocycles. The van der Waals surface area contributed by atoms with Crippen LogP contribution in [0.15, 0.2) is 53.1 Å². The Morgan fingerprint density at radius 2 is 2.00 bits per heavy atom. The standard InChI is InChI=1S/C16H11FN2O4/c17-12-6-4-10(5-7-12)15-18-14(23-19-15)9-22-16(21)11-2-1-3-13(20)8-11/h1-8,20H,9H2. The molecule has 0 aliphatic rings. The van der Waals surface area contributed by atoms with Crippen molar-refractivity contribution < 1.29 is 23.6 Å². The van der Waals surface area contributed by atoms with Gasteiger partial charge in [0.15, 0.2) is 6.61 Å². The number of aromatic nitrogens is 2. The number of nitrogens with zero attached hydrogens (tertiary/aromatic N) is 2. The molecule has 3 aromatic rings. The molecule has 0 radical (unpaired) electrons. The van der Waals surface area contributed by atoms with Gasteiger partial charge in [-0.25, -0.2) is 9.18 Å². The number of rotatable bonds is 4. The third-order valence-electron chi connectivity index (χ3n) is 2.98. The van der Waals surface area contributed by atoms with E-state index in [4.69, 9.17) is 9.26 Å². The number of carbonyl (C=O) groups excluding carboxylic acids is 1. The summed E-state index contributed by atoms with van der Waals surface area (Å²) in [5.41, 5.74) is 0.795. The van der Waals surface area contributed by atoms with Crippen molar-refractivity contribution in [2.45, 2.75) is 6.61 Å². The van der Waals surface area contributed by atoms with Gasteiger partial charge >= 0.3 is 5.97 Å². The zero-order valence-corrected chi connectivity index (χ0v) is 11.8. The summed E-state index contributed by atoms with van der Waals surface area (Å²) >= 11 is 0. The lowest BCUT2D eigenvalue weighted by Crippen LogP contribution is -2.05. The van der Waals surface area contributed by atoms with Gasteiger partial charge in [0, 0.05) is 5.56 Å². The van der Waals surface area contributed by atoms with Crippen molar-refractivity contribution in [1.82, 2.24) is 10.1 Å². The van der Waals surface area contributed by atoms with Crippen LogP contribution in [-0.4, -0.2) is 21.2 Å². The van der Waals surface area contributed by atoms with Gasteiger partial charge in [-0.1, -0.05) is 11.2 Å². The predicted molar refractivity (Wildman–Crippen MR) is 76.9 cm³/mol. The normalized spacial score (nSPS) is 10.5. The van der Waals surface area contributed by atoms with Gasteiger partial charge < -0.3 is 14.4 Å². The summed E-state index contributed by atoms with van der Waals surface area (Å²) in [7, 11) is 0. The summed E-state index contributed by atoms with van der Waals surface area (Å²) in [4.78, 5) is 15.9. The van der Waals surface area contributed by atoms with Crippen LogP contribution in [0.1, 0.15) is 16.2 Å². The summed E-state index contributed by atoms with van der Waals surface area (Å²) in [6, 6.07) is 11.4. The fourth-order valence-electron chi connectivity index (χ4n) is 1.87. The topological polar surface area (TPSA) is 85.5 Å². The van der Waals surface area contributed by atoms with Crippen molar-refractivity contribution in [1.29, 1.82) is 0 Å². The van der Waals surface area contributed by atoms with Crippen molar-refractivity contribution in [2.75, 3.05) is 0 Å². The number of ether oxygens (including phenoxy) is 1. The maximum atomic E-state index is 12.9. The Kier molecular flexibility index (Phi) is 4.01. The number of phenolic OH excluding ortho intramolecular Hbond substituents is 1. The van der Waals surface area contributed by atoms with Gasteiger partial charge in [0.1, 0.15) is 11.6 Å². The quantitative estimate of drug-likeness (QED) is 0.745. The molecule has 0 saturated heterocycles. The van der Waals surface area contributed by atoms with Crippen molar-refractivity contribution in [3.8, 4) is 17.1 Å². The molecule has 1 aromatic heterocycles. The summed E-state index contributed by atoms with van der Waals surface area (Å²) in [5.74, 6) is -0.637. The van der Waals surface area contributed by atoms with Gasteiger partial charge in [0.25, 0.3) is 5.89 Å². The second-order valence-electron chi connectivity index (χ2n) is 4.65. The Morgan fingerprint density at radius 1 is 1.22 bits per heavy atom. The first-order valence-electron chi connectivity index (χ1n) is 6.66. The summed E-state index contributed by atoms with van der Waals surface area (Å²) < 4.78 is 22.9. The number of phenols is 1. The molecule has 0 bridgehead atoms. The average molecular weight is 314 g/mol. The first-order chi connectivity index (χ1) is 11.1. The number of esters is 1. The SMILES string of the molecule is O=C(OCc1nc(-c2ccc(F)cc2)no1)c1cccc(O)c1. The Hall–Kier alpha value is -3.22. The molecule has 0 amide bonds. The molecule has 0 saturated carbocycles. The third kappa shape index (κ3) is 3.52. The number of hydrogen-bond donors (Lipinski definition) is 1. The predicted octanol–water partition coefficient (Wildman–Crippen LogP) is 2.94.